The molecule has 0 atom stereocenters. The van der Waals surface area contributed by atoms with E-state index in [1.807, 2.05) is 0 Å². The van der Waals surface area contributed by atoms with Crippen LogP contribution in [0.1, 0.15) is 12.0 Å². The minimum Gasteiger partial charge on any atom is -0.258 e. The van der Waals surface area contributed by atoms with E-state index in [9.17, 15) is 23.3 Å². The van der Waals surface area contributed by atoms with Crippen molar-refractivity contribution < 1.29 is 18.1 Å². The van der Waals surface area contributed by atoms with Crippen LogP contribution in [0.25, 0.3) is 0 Å². The topological polar surface area (TPSA) is 43.1 Å². The highest BCUT2D eigenvalue weighted by atomic mass is 79.9. The summed E-state index contributed by atoms with van der Waals surface area (Å²) in [6.07, 6.45) is -2.87. The Balaban J connectivity index is 3.35. The third-order valence-corrected chi connectivity index (χ3v) is 2.06. The van der Waals surface area contributed by atoms with Gasteiger partial charge < -0.3 is 0 Å². The van der Waals surface area contributed by atoms with E-state index in [2.05, 4.69) is 15.9 Å². The first-order chi connectivity index (χ1) is 6.43. The molecule has 0 amide bonds. The van der Waals surface area contributed by atoms with E-state index < -0.39 is 28.4 Å². The number of rotatable bonds is 2. The lowest BCUT2D eigenvalue weighted by Gasteiger charge is -2.02. The van der Waals surface area contributed by atoms with Crippen LogP contribution in [0.5, 0.6) is 0 Å². The van der Waals surface area contributed by atoms with Crippen molar-refractivity contribution in [2.75, 3.05) is 0 Å². The number of benzene rings is 1. The van der Waals surface area contributed by atoms with Crippen molar-refractivity contribution in [2.45, 2.75) is 6.43 Å². The summed E-state index contributed by atoms with van der Waals surface area (Å²) in [7, 11) is 0. The first-order valence-corrected chi connectivity index (χ1v) is 4.14. The van der Waals surface area contributed by atoms with Gasteiger partial charge in [0.2, 0.25) is 5.82 Å². The molecule has 0 heterocycles. The van der Waals surface area contributed by atoms with E-state index in [0.717, 1.165) is 6.07 Å². The molecular weight excluding hydrogens is 267 g/mol. The first kappa shape index (κ1) is 11.0. The van der Waals surface area contributed by atoms with Crippen LogP contribution in [0.15, 0.2) is 16.6 Å². The van der Waals surface area contributed by atoms with E-state index in [4.69, 9.17) is 0 Å². The van der Waals surface area contributed by atoms with Crippen LogP contribution in [0, 0.1) is 15.9 Å². The van der Waals surface area contributed by atoms with Crippen molar-refractivity contribution in [1.29, 1.82) is 0 Å². The number of nitrogens with zero attached hydrogens (tertiary/aromatic N) is 1. The fourth-order valence-corrected chi connectivity index (χ4v) is 1.32. The normalized spacial score (nSPS) is 10.6. The molecule has 0 saturated carbocycles. The SMILES string of the molecule is O=[N+]([O-])c1cc(C(F)F)cc(Br)c1F. The van der Waals surface area contributed by atoms with Crippen molar-refractivity contribution in [1.82, 2.24) is 0 Å². The Kier molecular flexibility index (Phi) is 3.10. The summed E-state index contributed by atoms with van der Waals surface area (Å²) in [5.41, 5.74) is -1.56. The van der Waals surface area contributed by atoms with Gasteiger partial charge in [-0.15, -0.1) is 0 Å². The van der Waals surface area contributed by atoms with Crippen LogP contribution in [-0.2, 0) is 0 Å². The predicted molar refractivity (Wildman–Crippen MR) is 45.7 cm³/mol. The maximum Gasteiger partial charge on any atom is 0.306 e. The summed E-state index contributed by atoms with van der Waals surface area (Å²) in [6, 6.07) is 1.33. The Bertz CT molecular complexity index is 383. The van der Waals surface area contributed by atoms with Crippen molar-refractivity contribution in [3.8, 4) is 0 Å². The molecule has 0 fully saturated rings. The molecule has 0 spiro atoms. The highest BCUT2D eigenvalue weighted by Crippen LogP contribution is 2.31. The molecular formula is C7H3BrF3NO2. The maximum atomic E-state index is 13.0. The summed E-state index contributed by atoms with van der Waals surface area (Å²) < 4.78 is 36.9. The fraction of sp³-hybridized carbons (Fsp3) is 0.143. The van der Waals surface area contributed by atoms with Crippen LogP contribution < -0.4 is 0 Å². The summed E-state index contributed by atoms with van der Waals surface area (Å²) in [5, 5.41) is 10.2. The molecule has 1 aromatic rings. The van der Waals surface area contributed by atoms with Gasteiger partial charge in [0.05, 0.1) is 9.40 Å². The lowest BCUT2D eigenvalue weighted by molar-refractivity contribution is -0.387. The highest BCUT2D eigenvalue weighted by molar-refractivity contribution is 9.10. The van der Waals surface area contributed by atoms with Gasteiger partial charge >= 0.3 is 5.69 Å². The van der Waals surface area contributed by atoms with Gasteiger partial charge in [0.1, 0.15) is 0 Å². The Morgan fingerprint density at radius 3 is 2.43 bits per heavy atom. The number of nitro benzene ring substituents is 1. The van der Waals surface area contributed by atoms with Crippen LogP contribution >= 0.6 is 15.9 Å². The molecule has 0 unspecified atom stereocenters. The third-order valence-electron chi connectivity index (χ3n) is 1.48. The first-order valence-electron chi connectivity index (χ1n) is 3.35. The largest absolute Gasteiger partial charge is 0.306 e. The van der Waals surface area contributed by atoms with Gasteiger partial charge in [-0.1, -0.05) is 0 Å². The molecule has 14 heavy (non-hydrogen) atoms. The number of nitro groups is 1. The monoisotopic (exact) mass is 269 g/mol. The van der Waals surface area contributed by atoms with Gasteiger partial charge in [-0.3, -0.25) is 10.1 Å². The zero-order valence-electron chi connectivity index (χ0n) is 6.51. The zero-order valence-corrected chi connectivity index (χ0v) is 8.09. The molecule has 0 aromatic heterocycles. The number of hydrogen-bond acceptors (Lipinski definition) is 2. The second-order valence-corrected chi connectivity index (χ2v) is 3.25. The molecule has 0 bridgehead atoms. The van der Waals surface area contributed by atoms with E-state index in [1.165, 1.54) is 0 Å². The standard InChI is InChI=1S/C7H3BrF3NO2/c8-4-1-3(7(10)11)2-5(6(4)9)12(13)14/h1-2,7H. The Hall–Kier alpha value is -1.11. The van der Waals surface area contributed by atoms with Crippen LogP contribution in [0.3, 0.4) is 0 Å². The van der Waals surface area contributed by atoms with Gasteiger partial charge in [0.15, 0.2) is 0 Å². The second kappa shape index (κ2) is 3.95. The van der Waals surface area contributed by atoms with Crippen molar-refractivity contribution >= 4 is 21.6 Å². The van der Waals surface area contributed by atoms with Crippen molar-refractivity contribution in [3.63, 3.8) is 0 Å². The van der Waals surface area contributed by atoms with Crippen LogP contribution in [0.4, 0.5) is 18.9 Å². The van der Waals surface area contributed by atoms with Gasteiger partial charge in [-0.2, -0.15) is 4.39 Å². The fourth-order valence-electron chi connectivity index (χ4n) is 0.854. The lowest BCUT2D eigenvalue weighted by Crippen LogP contribution is -1.96. The van der Waals surface area contributed by atoms with Crippen LogP contribution in [0.2, 0.25) is 0 Å². The molecule has 0 saturated heterocycles. The minimum absolute atomic E-state index is 0.345. The van der Waals surface area contributed by atoms with Crippen LogP contribution in [-0.4, -0.2) is 4.92 Å². The molecule has 0 N–H and O–H groups in total. The predicted octanol–water partition coefficient (Wildman–Crippen LogP) is 3.43. The highest BCUT2D eigenvalue weighted by Gasteiger charge is 2.21. The molecule has 0 radical (unpaired) electrons. The molecule has 0 aliphatic heterocycles. The number of hydrogen-bond donors (Lipinski definition) is 0. The smallest absolute Gasteiger partial charge is 0.258 e. The molecule has 1 rings (SSSR count). The van der Waals surface area contributed by atoms with Gasteiger partial charge in [0, 0.05) is 11.6 Å². The van der Waals surface area contributed by atoms with E-state index in [1.54, 1.807) is 0 Å². The van der Waals surface area contributed by atoms with E-state index in [0.29, 0.717) is 6.07 Å². The second-order valence-electron chi connectivity index (χ2n) is 2.39. The minimum atomic E-state index is -2.87. The number of alkyl halides is 2. The molecule has 1 aromatic carbocycles. The van der Waals surface area contributed by atoms with Gasteiger partial charge in [0.25, 0.3) is 6.43 Å². The van der Waals surface area contributed by atoms with Crippen molar-refractivity contribution in [2.24, 2.45) is 0 Å². The summed E-state index contributed by atoms with van der Waals surface area (Å²) >= 11 is 2.62. The Labute approximate surface area is 84.8 Å². The molecule has 3 nitrogen and oxygen atoms in total. The molecule has 0 aliphatic rings. The van der Waals surface area contributed by atoms with E-state index >= 15 is 0 Å². The molecule has 7 heteroatoms. The summed E-state index contributed by atoms with van der Waals surface area (Å²) in [5.74, 6) is -1.15. The van der Waals surface area contributed by atoms with Gasteiger partial charge in [-0.25, -0.2) is 8.78 Å². The molecule has 76 valence electrons. The van der Waals surface area contributed by atoms with Gasteiger partial charge in [-0.05, 0) is 22.0 Å². The summed E-state index contributed by atoms with van der Waals surface area (Å²) in [4.78, 5) is 9.20. The molecule has 0 aliphatic carbocycles. The van der Waals surface area contributed by atoms with Crippen molar-refractivity contribution in [3.05, 3.63) is 38.1 Å². The maximum absolute atomic E-state index is 13.0. The zero-order chi connectivity index (χ0) is 10.9. The Morgan fingerprint density at radius 1 is 1.43 bits per heavy atom. The average Bonchev–Trinajstić information content (AvgIpc) is 2.08. The summed E-state index contributed by atoms with van der Waals surface area (Å²) in [6.45, 7) is 0. The lowest BCUT2D eigenvalue weighted by atomic mass is 10.2. The average molecular weight is 270 g/mol. The number of halogens is 4. The third kappa shape index (κ3) is 2.03. The quantitative estimate of drug-likeness (QED) is 0.610. The Morgan fingerprint density at radius 2 is 2.00 bits per heavy atom. The van der Waals surface area contributed by atoms with E-state index in [-0.39, 0.29) is 4.47 Å².